The quantitative estimate of drug-likeness (QED) is 0.505. The van der Waals surface area contributed by atoms with Crippen molar-refractivity contribution in [2.24, 2.45) is 0 Å². The van der Waals surface area contributed by atoms with E-state index in [9.17, 15) is 9.90 Å². The number of aryl methyl sites for hydroxylation is 1. The molecule has 31 heavy (non-hydrogen) atoms. The van der Waals surface area contributed by atoms with E-state index in [0.29, 0.717) is 23.8 Å². The molecule has 0 atom stereocenters. The van der Waals surface area contributed by atoms with Crippen LogP contribution in [0.2, 0.25) is 0 Å². The number of anilines is 3. The number of benzene rings is 1. The fourth-order valence-electron chi connectivity index (χ4n) is 3.39. The van der Waals surface area contributed by atoms with Crippen LogP contribution in [0.5, 0.6) is 0 Å². The molecule has 0 aliphatic carbocycles. The van der Waals surface area contributed by atoms with Gasteiger partial charge in [0.25, 0.3) is 0 Å². The summed E-state index contributed by atoms with van der Waals surface area (Å²) in [5.41, 5.74) is 2.58. The second-order valence-corrected chi connectivity index (χ2v) is 7.45. The fourth-order valence-corrected chi connectivity index (χ4v) is 3.39. The maximum atomic E-state index is 11.8. The molecule has 3 heterocycles. The van der Waals surface area contributed by atoms with Gasteiger partial charge in [-0.25, -0.2) is 19.7 Å². The minimum Gasteiger partial charge on any atom is -0.465 e. The van der Waals surface area contributed by atoms with Crippen LogP contribution in [0, 0.1) is 6.92 Å². The lowest BCUT2D eigenvalue weighted by Crippen LogP contribution is -2.37. The van der Waals surface area contributed by atoms with E-state index in [0.717, 1.165) is 11.1 Å². The Morgan fingerprint density at radius 2 is 1.87 bits per heavy atom. The monoisotopic (exact) mass is 417 g/mol. The lowest BCUT2D eigenvalue weighted by atomic mass is 10.2. The summed E-state index contributed by atoms with van der Waals surface area (Å²) in [7, 11) is 0. The molecule has 1 amide bonds. The van der Waals surface area contributed by atoms with Crippen LogP contribution in [0.4, 0.5) is 22.4 Å². The number of carboxylic acid groups (broad SMARTS) is 1. The lowest BCUT2D eigenvalue weighted by molar-refractivity contribution is 0.199. The molecule has 0 aliphatic rings. The minimum atomic E-state index is -1.09. The van der Waals surface area contributed by atoms with E-state index in [2.05, 4.69) is 20.2 Å². The molecule has 1 N–H and O–H groups in total. The first-order valence-corrected chi connectivity index (χ1v) is 9.91. The first-order chi connectivity index (χ1) is 15.0. The summed E-state index contributed by atoms with van der Waals surface area (Å²) in [6.45, 7) is 6.09. The molecule has 9 nitrogen and oxygen atoms in total. The number of rotatable bonds is 6. The first kappa shape index (κ1) is 20.3. The predicted octanol–water partition coefficient (Wildman–Crippen LogP) is 4.06. The zero-order valence-corrected chi connectivity index (χ0v) is 17.5. The number of hydrogen-bond donors (Lipinski definition) is 1. The molecular formula is C22H23N7O2. The number of pyridine rings is 1. The highest BCUT2D eigenvalue weighted by molar-refractivity contribution is 5.85. The highest BCUT2D eigenvalue weighted by Gasteiger charge is 2.26. The van der Waals surface area contributed by atoms with Crippen molar-refractivity contribution in [3.8, 4) is 0 Å². The van der Waals surface area contributed by atoms with E-state index in [-0.39, 0.29) is 12.0 Å². The molecular weight excluding hydrogens is 394 g/mol. The molecule has 3 aromatic heterocycles. The average Bonchev–Trinajstić information content (AvgIpc) is 3.16. The Kier molecular flexibility index (Phi) is 5.48. The molecule has 0 spiro atoms. The summed E-state index contributed by atoms with van der Waals surface area (Å²) in [4.78, 5) is 24.1. The summed E-state index contributed by atoms with van der Waals surface area (Å²) < 4.78 is 1.64. The topological polar surface area (TPSA) is 99.8 Å². The number of amides is 1. The van der Waals surface area contributed by atoms with E-state index in [4.69, 9.17) is 0 Å². The zero-order chi connectivity index (χ0) is 22.0. The van der Waals surface area contributed by atoms with Crippen molar-refractivity contribution in [1.82, 2.24) is 24.6 Å². The minimum absolute atomic E-state index is 0.220. The third-order valence-electron chi connectivity index (χ3n) is 4.85. The van der Waals surface area contributed by atoms with Gasteiger partial charge in [0.15, 0.2) is 5.82 Å². The molecule has 9 heteroatoms. The Morgan fingerprint density at radius 3 is 2.55 bits per heavy atom. The molecule has 0 aliphatic heterocycles. The molecule has 4 rings (SSSR count). The highest BCUT2D eigenvalue weighted by Crippen LogP contribution is 2.29. The SMILES string of the molecule is Cc1ccnc(N(Cc2ccccc2)c2nccn3c(N(C(=O)O)C(C)C)nnc23)c1. The first-order valence-electron chi connectivity index (χ1n) is 9.91. The number of carbonyl (C=O) groups is 1. The fraction of sp³-hybridized carbons (Fsp3) is 0.227. The molecule has 0 radical (unpaired) electrons. The van der Waals surface area contributed by atoms with Gasteiger partial charge in [-0.1, -0.05) is 30.3 Å². The van der Waals surface area contributed by atoms with Gasteiger partial charge in [0.1, 0.15) is 5.82 Å². The van der Waals surface area contributed by atoms with Gasteiger partial charge in [0, 0.05) is 24.6 Å². The third kappa shape index (κ3) is 4.02. The van der Waals surface area contributed by atoms with E-state index in [1.807, 2.05) is 54.3 Å². The normalized spacial score (nSPS) is 11.1. The Labute approximate surface area is 179 Å². The van der Waals surface area contributed by atoms with Gasteiger partial charge < -0.3 is 10.0 Å². The standard InChI is InChI=1S/C22H23N7O2/c1-15(2)29(22(30)31)21-26-25-20-19(24-11-12-27(20)21)28(14-17-7-5-4-6-8-17)18-13-16(3)9-10-23-18/h4-13,15H,14H2,1-3H3,(H,30,31). The van der Waals surface area contributed by atoms with Gasteiger partial charge in [-0.15, -0.1) is 10.2 Å². The number of nitrogens with zero attached hydrogens (tertiary/aromatic N) is 7. The summed E-state index contributed by atoms with van der Waals surface area (Å²) in [5.74, 6) is 1.48. The Hall–Kier alpha value is -4.01. The van der Waals surface area contributed by atoms with Crippen molar-refractivity contribution in [1.29, 1.82) is 0 Å². The van der Waals surface area contributed by atoms with Crippen LogP contribution in [0.15, 0.2) is 61.1 Å². The molecule has 0 bridgehead atoms. The number of fused-ring (bicyclic) bond motifs is 1. The predicted molar refractivity (Wildman–Crippen MR) is 118 cm³/mol. The zero-order valence-electron chi connectivity index (χ0n) is 17.5. The molecule has 0 fully saturated rings. The second-order valence-electron chi connectivity index (χ2n) is 7.45. The lowest BCUT2D eigenvalue weighted by Gasteiger charge is -2.24. The van der Waals surface area contributed by atoms with Crippen LogP contribution in [0.1, 0.15) is 25.0 Å². The smallest absolute Gasteiger partial charge is 0.414 e. The third-order valence-corrected chi connectivity index (χ3v) is 4.85. The van der Waals surface area contributed by atoms with Crippen LogP contribution >= 0.6 is 0 Å². The van der Waals surface area contributed by atoms with Crippen LogP contribution in [0.25, 0.3) is 5.65 Å². The summed E-state index contributed by atoms with van der Waals surface area (Å²) in [5, 5.41) is 18.1. The molecule has 0 saturated heterocycles. The van der Waals surface area contributed by atoms with Crippen molar-refractivity contribution >= 4 is 29.3 Å². The van der Waals surface area contributed by atoms with E-state index in [1.54, 1.807) is 36.8 Å². The average molecular weight is 417 g/mol. The second kappa shape index (κ2) is 8.39. The number of hydrogen-bond acceptors (Lipinski definition) is 6. The molecule has 1 aromatic carbocycles. The molecule has 158 valence electrons. The maximum Gasteiger partial charge on any atom is 0.414 e. The van der Waals surface area contributed by atoms with E-state index < -0.39 is 6.09 Å². The summed E-state index contributed by atoms with van der Waals surface area (Å²) >= 11 is 0. The van der Waals surface area contributed by atoms with Gasteiger partial charge in [0.2, 0.25) is 11.6 Å². The summed E-state index contributed by atoms with van der Waals surface area (Å²) in [6, 6.07) is 13.6. The van der Waals surface area contributed by atoms with Crippen molar-refractivity contribution in [3.05, 3.63) is 72.2 Å². The van der Waals surface area contributed by atoms with Crippen molar-refractivity contribution in [2.45, 2.75) is 33.4 Å². The van der Waals surface area contributed by atoms with Crippen LogP contribution < -0.4 is 9.80 Å². The Balaban J connectivity index is 1.87. The van der Waals surface area contributed by atoms with Crippen molar-refractivity contribution in [2.75, 3.05) is 9.80 Å². The Morgan fingerprint density at radius 1 is 1.10 bits per heavy atom. The van der Waals surface area contributed by atoms with Gasteiger partial charge >= 0.3 is 6.09 Å². The van der Waals surface area contributed by atoms with Crippen LogP contribution in [-0.2, 0) is 6.54 Å². The Bertz CT molecular complexity index is 1210. The van der Waals surface area contributed by atoms with Crippen LogP contribution in [0.3, 0.4) is 0 Å². The van der Waals surface area contributed by atoms with Crippen molar-refractivity contribution < 1.29 is 9.90 Å². The molecule has 0 saturated carbocycles. The largest absolute Gasteiger partial charge is 0.465 e. The highest BCUT2D eigenvalue weighted by atomic mass is 16.4. The van der Waals surface area contributed by atoms with Gasteiger partial charge in [-0.2, -0.15) is 0 Å². The van der Waals surface area contributed by atoms with Gasteiger partial charge in [0.05, 0.1) is 6.54 Å². The summed E-state index contributed by atoms with van der Waals surface area (Å²) in [6.07, 6.45) is 3.94. The number of aromatic nitrogens is 5. The van der Waals surface area contributed by atoms with Crippen molar-refractivity contribution in [3.63, 3.8) is 0 Å². The van der Waals surface area contributed by atoms with E-state index in [1.165, 1.54) is 4.90 Å². The van der Waals surface area contributed by atoms with Gasteiger partial charge in [-0.05, 0) is 44.0 Å². The molecule has 0 unspecified atom stereocenters. The van der Waals surface area contributed by atoms with Gasteiger partial charge in [-0.3, -0.25) is 4.40 Å². The molecule has 4 aromatic rings. The maximum absolute atomic E-state index is 11.8. The van der Waals surface area contributed by atoms with E-state index >= 15 is 0 Å². The van der Waals surface area contributed by atoms with Crippen LogP contribution in [-0.4, -0.2) is 41.8 Å².